The van der Waals surface area contributed by atoms with Crippen molar-refractivity contribution in [3.05, 3.63) is 11.7 Å². The largest absolute Gasteiger partial charge is 0.460 e. The van der Waals surface area contributed by atoms with Crippen LogP contribution in [-0.4, -0.2) is 28.0 Å². The summed E-state index contributed by atoms with van der Waals surface area (Å²) >= 11 is 1.52. The molecule has 154 valence electrons. The monoisotopic (exact) mass is 397 g/mol. The van der Waals surface area contributed by atoms with Crippen LogP contribution in [0.2, 0.25) is 0 Å². The summed E-state index contributed by atoms with van der Waals surface area (Å²) in [4.78, 5) is 16.9. The summed E-state index contributed by atoms with van der Waals surface area (Å²) in [6.45, 7) is 6.22. The number of rotatable bonds is 10. The van der Waals surface area contributed by atoms with Crippen LogP contribution in [0.3, 0.4) is 0 Å². The summed E-state index contributed by atoms with van der Waals surface area (Å²) in [5, 5.41) is 4.04. The third-order valence-electron chi connectivity index (χ3n) is 4.93. The lowest BCUT2D eigenvalue weighted by atomic mass is 9.84. The van der Waals surface area contributed by atoms with Crippen LogP contribution < -0.4 is 4.72 Å². The Balaban J connectivity index is 1.94. The van der Waals surface area contributed by atoms with Gasteiger partial charge in [-0.2, -0.15) is 4.98 Å². The van der Waals surface area contributed by atoms with Crippen molar-refractivity contribution in [3.63, 3.8) is 0 Å². The Labute approximate surface area is 167 Å². The maximum Gasteiger partial charge on any atom is 0.307 e. The molecule has 0 amide bonds. The molecule has 0 bridgehead atoms. The van der Waals surface area contributed by atoms with E-state index in [1.54, 1.807) is 0 Å². The first kappa shape index (κ1) is 22.2. The number of ether oxygens (including phenoxy) is 1. The van der Waals surface area contributed by atoms with E-state index in [0.29, 0.717) is 24.7 Å². The van der Waals surface area contributed by atoms with Crippen molar-refractivity contribution in [2.75, 3.05) is 6.26 Å². The predicted octanol–water partition coefficient (Wildman–Crippen LogP) is 5.00. The van der Waals surface area contributed by atoms with Gasteiger partial charge in [-0.3, -0.25) is 9.52 Å². The number of carbonyl (C=O) groups excluding carboxylic acids is 1. The van der Waals surface area contributed by atoms with Crippen LogP contribution in [0.5, 0.6) is 0 Å². The van der Waals surface area contributed by atoms with Crippen LogP contribution in [0.1, 0.15) is 96.2 Å². The zero-order chi connectivity index (χ0) is 19.7. The van der Waals surface area contributed by atoms with Crippen molar-refractivity contribution >= 4 is 17.9 Å². The summed E-state index contributed by atoms with van der Waals surface area (Å²) in [7, 11) is 0. The van der Waals surface area contributed by atoms with Gasteiger partial charge in [0.05, 0.1) is 13.0 Å². The van der Waals surface area contributed by atoms with E-state index in [4.69, 9.17) is 9.26 Å². The van der Waals surface area contributed by atoms with Gasteiger partial charge in [0.25, 0.3) is 0 Å². The van der Waals surface area contributed by atoms with Gasteiger partial charge in [-0.25, -0.2) is 0 Å². The Morgan fingerprint density at radius 3 is 2.74 bits per heavy atom. The first-order valence-electron chi connectivity index (χ1n) is 10.2. The molecule has 1 aromatic rings. The van der Waals surface area contributed by atoms with Crippen LogP contribution in [0.4, 0.5) is 0 Å². The SMILES string of the molecule is CSNCc1noc(C(CCCC2CCCCC2)CC(=O)OC(C)(C)C)n1. The van der Waals surface area contributed by atoms with E-state index in [-0.39, 0.29) is 11.9 Å². The molecule has 1 aliphatic carbocycles. The van der Waals surface area contributed by atoms with Crippen molar-refractivity contribution in [3.8, 4) is 0 Å². The van der Waals surface area contributed by atoms with Gasteiger partial charge in [-0.15, -0.1) is 0 Å². The van der Waals surface area contributed by atoms with Gasteiger partial charge in [0.1, 0.15) is 5.60 Å². The molecular weight excluding hydrogens is 362 g/mol. The highest BCUT2D eigenvalue weighted by atomic mass is 32.2. The van der Waals surface area contributed by atoms with Gasteiger partial charge >= 0.3 is 5.97 Å². The highest BCUT2D eigenvalue weighted by molar-refractivity contribution is 7.96. The fraction of sp³-hybridized carbons (Fsp3) is 0.850. The Kier molecular flexibility index (Phi) is 9.09. The number of nitrogens with zero attached hydrogens (tertiary/aromatic N) is 2. The quantitative estimate of drug-likeness (QED) is 0.439. The van der Waals surface area contributed by atoms with E-state index in [2.05, 4.69) is 14.9 Å². The van der Waals surface area contributed by atoms with Gasteiger partial charge in [0, 0.05) is 5.92 Å². The van der Waals surface area contributed by atoms with Crippen LogP contribution in [0, 0.1) is 5.92 Å². The minimum absolute atomic E-state index is 0.0704. The van der Waals surface area contributed by atoms with Crippen molar-refractivity contribution in [1.82, 2.24) is 14.9 Å². The lowest BCUT2D eigenvalue weighted by Crippen LogP contribution is -2.25. The molecule has 1 aliphatic rings. The molecule has 1 aromatic heterocycles. The number of esters is 1. The number of hydrogen-bond acceptors (Lipinski definition) is 7. The first-order valence-corrected chi connectivity index (χ1v) is 11.4. The molecule has 1 atom stereocenters. The van der Waals surface area contributed by atoms with Crippen molar-refractivity contribution in [1.29, 1.82) is 0 Å². The molecule has 1 N–H and O–H groups in total. The normalized spacial score (nSPS) is 17.0. The van der Waals surface area contributed by atoms with Crippen LogP contribution in [0.25, 0.3) is 0 Å². The van der Waals surface area contributed by atoms with Crippen LogP contribution >= 0.6 is 11.9 Å². The minimum Gasteiger partial charge on any atom is -0.460 e. The summed E-state index contributed by atoms with van der Waals surface area (Å²) in [6, 6.07) is 0. The summed E-state index contributed by atoms with van der Waals surface area (Å²) in [6.07, 6.45) is 12.2. The molecule has 0 saturated heterocycles. The third-order valence-corrected chi connectivity index (χ3v) is 5.36. The maximum atomic E-state index is 12.4. The van der Waals surface area contributed by atoms with Gasteiger partial charge in [-0.05, 0) is 39.4 Å². The van der Waals surface area contributed by atoms with Gasteiger partial charge in [0.2, 0.25) is 5.89 Å². The van der Waals surface area contributed by atoms with Gasteiger partial charge < -0.3 is 9.26 Å². The first-order chi connectivity index (χ1) is 12.9. The Morgan fingerprint density at radius 1 is 1.33 bits per heavy atom. The summed E-state index contributed by atoms with van der Waals surface area (Å²) < 4.78 is 14.1. The molecule has 6 nitrogen and oxygen atoms in total. The van der Waals surface area contributed by atoms with E-state index in [1.807, 2.05) is 27.0 Å². The maximum absolute atomic E-state index is 12.4. The fourth-order valence-electron chi connectivity index (χ4n) is 3.67. The molecule has 7 heteroatoms. The average Bonchev–Trinajstić information content (AvgIpc) is 3.07. The molecule has 0 aromatic carbocycles. The average molecular weight is 398 g/mol. The van der Waals surface area contributed by atoms with Crippen molar-refractivity contribution in [2.24, 2.45) is 5.92 Å². The Morgan fingerprint density at radius 2 is 2.07 bits per heavy atom. The molecule has 2 rings (SSSR count). The second-order valence-corrected chi connectivity index (χ2v) is 9.19. The van der Waals surface area contributed by atoms with E-state index in [9.17, 15) is 4.79 Å². The lowest BCUT2D eigenvalue weighted by molar-refractivity contribution is -0.155. The second-order valence-electron chi connectivity index (χ2n) is 8.50. The molecule has 0 spiro atoms. The van der Waals surface area contributed by atoms with E-state index in [0.717, 1.165) is 18.8 Å². The highest BCUT2D eigenvalue weighted by Crippen LogP contribution is 2.31. The van der Waals surface area contributed by atoms with Crippen molar-refractivity contribution < 1.29 is 14.1 Å². The zero-order valence-corrected chi connectivity index (χ0v) is 18.1. The molecule has 0 aliphatic heterocycles. The lowest BCUT2D eigenvalue weighted by Gasteiger charge is -2.23. The van der Waals surface area contributed by atoms with E-state index in [1.165, 1.54) is 50.5 Å². The minimum atomic E-state index is -0.480. The van der Waals surface area contributed by atoms with E-state index < -0.39 is 5.60 Å². The Bertz CT molecular complexity index is 565. The van der Waals surface area contributed by atoms with E-state index >= 15 is 0 Å². The fourth-order valence-corrected chi connectivity index (χ4v) is 3.94. The van der Waals surface area contributed by atoms with Crippen molar-refractivity contribution in [2.45, 2.75) is 96.6 Å². The third kappa shape index (κ3) is 8.64. The highest BCUT2D eigenvalue weighted by Gasteiger charge is 2.26. The zero-order valence-electron chi connectivity index (χ0n) is 17.3. The summed E-state index contributed by atoms with van der Waals surface area (Å²) in [5.74, 6) is 1.75. The molecule has 1 saturated carbocycles. The van der Waals surface area contributed by atoms with Crippen LogP contribution in [-0.2, 0) is 16.1 Å². The molecular formula is C20H35N3O3S. The number of carbonyl (C=O) groups is 1. The summed E-state index contributed by atoms with van der Waals surface area (Å²) in [5.41, 5.74) is -0.480. The molecule has 1 unspecified atom stereocenters. The predicted molar refractivity (Wildman–Crippen MR) is 108 cm³/mol. The van der Waals surface area contributed by atoms with Crippen LogP contribution in [0.15, 0.2) is 4.52 Å². The Hall–Kier alpha value is -1.08. The molecule has 0 radical (unpaired) electrons. The smallest absolute Gasteiger partial charge is 0.307 e. The second kappa shape index (κ2) is 11.1. The molecule has 1 fully saturated rings. The number of aromatic nitrogens is 2. The number of nitrogens with one attached hydrogen (secondary N) is 1. The number of hydrogen-bond donors (Lipinski definition) is 1. The molecule has 1 heterocycles. The van der Waals surface area contributed by atoms with Gasteiger partial charge in [-0.1, -0.05) is 62.1 Å². The molecule has 27 heavy (non-hydrogen) atoms. The van der Waals surface area contributed by atoms with Gasteiger partial charge in [0.15, 0.2) is 5.82 Å². The standard InChI is InChI=1S/C20H35N3O3S/c1-20(2,3)25-18(24)13-16(12-8-11-15-9-6-5-7-10-15)19-22-17(23-26-19)14-21-27-4/h15-16,21H,5-14H2,1-4H3. The topological polar surface area (TPSA) is 77.2 Å².